The highest BCUT2D eigenvalue weighted by molar-refractivity contribution is 5.93. The first-order valence-corrected chi connectivity index (χ1v) is 4.33. The first-order valence-electron chi connectivity index (χ1n) is 4.33. The summed E-state index contributed by atoms with van der Waals surface area (Å²) in [6.45, 7) is 6.08. The van der Waals surface area contributed by atoms with Crippen molar-refractivity contribution >= 4 is 5.78 Å². The molecule has 0 fully saturated rings. The Morgan fingerprint density at radius 2 is 2.25 bits per heavy atom. The molecular weight excluding hydrogens is 152 g/mol. The molecule has 0 saturated heterocycles. The van der Waals surface area contributed by atoms with Crippen LogP contribution in [0, 0.1) is 11.3 Å². The molecule has 68 valence electrons. The molecule has 0 spiro atoms. The molecule has 0 saturated carbocycles. The van der Waals surface area contributed by atoms with E-state index < -0.39 is 0 Å². The Bertz CT molecular complexity index is 226. The zero-order valence-electron chi connectivity index (χ0n) is 7.92. The van der Waals surface area contributed by atoms with E-state index in [-0.39, 0.29) is 23.7 Å². The fourth-order valence-electron chi connectivity index (χ4n) is 1.77. The van der Waals surface area contributed by atoms with Crippen molar-refractivity contribution in [1.82, 2.24) is 0 Å². The highest BCUT2D eigenvalue weighted by atomic mass is 16.3. The molecule has 0 amide bonds. The number of hydrogen-bond donors (Lipinski definition) is 1. The van der Waals surface area contributed by atoms with E-state index in [1.807, 2.05) is 6.92 Å². The maximum Gasteiger partial charge on any atom is 0.158 e. The third-order valence-corrected chi connectivity index (χ3v) is 2.66. The number of ketones is 1. The van der Waals surface area contributed by atoms with Crippen molar-refractivity contribution in [3.63, 3.8) is 0 Å². The Hall–Kier alpha value is -0.630. The number of carbonyl (C=O) groups is 1. The lowest BCUT2D eigenvalue weighted by atomic mass is 9.71. The van der Waals surface area contributed by atoms with Gasteiger partial charge in [-0.1, -0.05) is 20.8 Å². The average Bonchev–Trinajstić information content (AvgIpc) is 1.96. The molecule has 2 heteroatoms. The van der Waals surface area contributed by atoms with E-state index in [4.69, 9.17) is 5.11 Å². The molecule has 2 nitrogen and oxygen atoms in total. The van der Waals surface area contributed by atoms with Crippen molar-refractivity contribution in [2.45, 2.75) is 27.2 Å². The van der Waals surface area contributed by atoms with Crippen LogP contribution in [-0.2, 0) is 4.79 Å². The van der Waals surface area contributed by atoms with Gasteiger partial charge in [0.1, 0.15) is 0 Å². The number of aliphatic hydroxyl groups is 1. The summed E-state index contributed by atoms with van der Waals surface area (Å²) in [7, 11) is 0. The first kappa shape index (κ1) is 9.46. The molecule has 1 N–H and O–H groups in total. The van der Waals surface area contributed by atoms with Gasteiger partial charge >= 0.3 is 0 Å². The smallest absolute Gasteiger partial charge is 0.158 e. The van der Waals surface area contributed by atoms with Crippen LogP contribution in [0.15, 0.2) is 11.6 Å². The Morgan fingerprint density at radius 1 is 1.67 bits per heavy atom. The summed E-state index contributed by atoms with van der Waals surface area (Å²) >= 11 is 0. The average molecular weight is 168 g/mol. The molecule has 0 bridgehead atoms. The summed E-state index contributed by atoms with van der Waals surface area (Å²) < 4.78 is 0. The fourth-order valence-corrected chi connectivity index (χ4v) is 1.77. The van der Waals surface area contributed by atoms with Crippen molar-refractivity contribution in [3.05, 3.63) is 11.6 Å². The SMILES string of the molecule is CC1CC(C)(C)C(CO)=CC1=O. The van der Waals surface area contributed by atoms with Crippen molar-refractivity contribution in [2.75, 3.05) is 6.61 Å². The van der Waals surface area contributed by atoms with Gasteiger partial charge in [0, 0.05) is 5.92 Å². The summed E-state index contributed by atoms with van der Waals surface area (Å²) in [6.07, 6.45) is 2.45. The van der Waals surface area contributed by atoms with Crippen LogP contribution in [-0.4, -0.2) is 17.5 Å². The molecule has 1 aliphatic rings. The summed E-state index contributed by atoms with van der Waals surface area (Å²) in [5.41, 5.74) is 0.854. The highest BCUT2D eigenvalue weighted by Gasteiger charge is 2.32. The minimum atomic E-state index is -0.0118. The lowest BCUT2D eigenvalue weighted by molar-refractivity contribution is -0.119. The third kappa shape index (κ3) is 1.58. The standard InChI is InChI=1S/C10H16O2/c1-7-5-10(2,3)8(6-11)4-9(7)12/h4,7,11H,5-6H2,1-3H3. The van der Waals surface area contributed by atoms with E-state index >= 15 is 0 Å². The second-order valence-electron chi connectivity index (χ2n) is 4.22. The van der Waals surface area contributed by atoms with E-state index in [1.165, 1.54) is 0 Å². The number of hydrogen-bond acceptors (Lipinski definition) is 2. The van der Waals surface area contributed by atoms with Crippen molar-refractivity contribution in [3.8, 4) is 0 Å². The van der Waals surface area contributed by atoms with E-state index in [0.717, 1.165) is 12.0 Å². The molecule has 12 heavy (non-hydrogen) atoms. The summed E-state index contributed by atoms with van der Waals surface area (Å²) in [4.78, 5) is 11.3. The van der Waals surface area contributed by atoms with Gasteiger partial charge in [0.2, 0.25) is 0 Å². The highest BCUT2D eigenvalue weighted by Crippen LogP contribution is 2.37. The molecule has 1 unspecified atom stereocenters. The molecule has 0 aromatic heterocycles. The van der Waals surface area contributed by atoms with Crippen molar-refractivity contribution < 1.29 is 9.90 Å². The van der Waals surface area contributed by atoms with Crippen LogP contribution in [0.25, 0.3) is 0 Å². The van der Waals surface area contributed by atoms with Crippen LogP contribution < -0.4 is 0 Å². The van der Waals surface area contributed by atoms with Gasteiger partial charge in [-0.15, -0.1) is 0 Å². The second-order valence-corrected chi connectivity index (χ2v) is 4.22. The van der Waals surface area contributed by atoms with Crippen LogP contribution in [0.1, 0.15) is 27.2 Å². The quantitative estimate of drug-likeness (QED) is 0.645. The Labute approximate surface area is 73.3 Å². The number of rotatable bonds is 1. The van der Waals surface area contributed by atoms with Gasteiger partial charge in [-0.2, -0.15) is 0 Å². The van der Waals surface area contributed by atoms with E-state index in [0.29, 0.717) is 0 Å². The van der Waals surface area contributed by atoms with Crippen LogP contribution in [0.2, 0.25) is 0 Å². The Morgan fingerprint density at radius 3 is 2.75 bits per heavy atom. The van der Waals surface area contributed by atoms with Crippen LogP contribution in [0.5, 0.6) is 0 Å². The predicted octanol–water partition coefficient (Wildman–Crippen LogP) is 1.54. The van der Waals surface area contributed by atoms with Crippen molar-refractivity contribution in [2.24, 2.45) is 11.3 Å². The Balaban J connectivity index is 2.96. The maximum atomic E-state index is 11.3. The van der Waals surface area contributed by atoms with Gasteiger partial charge in [0.05, 0.1) is 6.61 Å². The van der Waals surface area contributed by atoms with E-state index in [2.05, 4.69) is 13.8 Å². The lowest BCUT2D eigenvalue weighted by Gasteiger charge is -2.33. The van der Waals surface area contributed by atoms with Gasteiger partial charge in [-0.05, 0) is 23.5 Å². The fraction of sp³-hybridized carbons (Fsp3) is 0.700. The number of allylic oxidation sites excluding steroid dienone is 1. The molecule has 1 aliphatic carbocycles. The van der Waals surface area contributed by atoms with Crippen LogP contribution in [0.3, 0.4) is 0 Å². The second kappa shape index (κ2) is 3.02. The lowest BCUT2D eigenvalue weighted by Crippen LogP contribution is -2.29. The topological polar surface area (TPSA) is 37.3 Å². The van der Waals surface area contributed by atoms with Gasteiger partial charge in [0.25, 0.3) is 0 Å². The van der Waals surface area contributed by atoms with Crippen molar-refractivity contribution in [1.29, 1.82) is 0 Å². The molecule has 1 atom stereocenters. The molecule has 0 aromatic carbocycles. The minimum Gasteiger partial charge on any atom is -0.392 e. The molecule has 0 aliphatic heterocycles. The van der Waals surface area contributed by atoms with Crippen LogP contribution in [0.4, 0.5) is 0 Å². The number of carbonyl (C=O) groups excluding carboxylic acids is 1. The maximum absolute atomic E-state index is 11.3. The molecule has 0 aromatic rings. The predicted molar refractivity (Wildman–Crippen MR) is 47.7 cm³/mol. The molecular formula is C10H16O2. The largest absolute Gasteiger partial charge is 0.392 e. The van der Waals surface area contributed by atoms with Gasteiger partial charge < -0.3 is 5.11 Å². The zero-order valence-corrected chi connectivity index (χ0v) is 7.92. The molecule has 0 heterocycles. The van der Waals surface area contributed by atoms with E-state index in [9.17, 15) is 4.79 Å². The van der Waals surface area contributed by atoms with E-state index in [1.54, 1.807) is 6.08 Å². The molecule has 1 rings (SSSR count). The summed E-state index contributed by atoms with van der Waals surface area (Å²) in [5.74, 6) is 0.258. The third-order valence-electron chi connectivity index (χ3n) is 2.66. The summed E-state index contributed by atoms with van der Waals surface area (Å²) in [6, 6.07) is 0. The minimum absolute atomic E-state index is 0.00542. The van der Waals surface area contributed by atoms with Crippen LogP contribution >= 0.6 is 0 Å². The normalized spacial score (nSPS) is 28.5. The Kier molecular flexibility index (Phi) is 2.38. The van der Waals surface area contributed by atoms with Gasteiger partial charge in [-0.25, -0.2) is 0 Å². The molecule has 0 radical (unpaired) electrons. The zero-order chi connectivity index (χ0) is 9.35. The van der Waals surface area contributed by atoms with Gasteiger partial charge in [0.15, 0.2) is 5.78 Å². The monoisotopic (exact) mass is 168 g/mol. The first-order chi connectivity index (χ1) is 5.47. The summed E-state index contributed by atoms with van der Waals surface area (Å²) in [5, 5.41) is 9.01. The van der Waals surface area contributed by atoms with Gasteiger partial charge in [-0.3, -0.25) is 4.79 Å². The number of aliphatic hydroxyl groups excluding tert-OH is 1.